The predicted octanol–water partition coefficient (Wildman–Crippen LogP) is 5.33. The standard InChI is InChI=1S/C16H20BrFN2S/c1-4-7-19-9-14-15(10(2)3)20-16(21-14)12-8-11(18)5-6-13(12)17/h5-6,8,10,19H,4,7,9H2,1-3H3. The molecule has 0 aliphatic carbocycles. The van der Waals surface area contributed by atoms with Crippen molar-refractivity contribution < 1.29 is 4.39 Å². The number of nitrogens with zero attached hydrogens (tertiary/aromatic N) is 1. The monoisotopic (exact) mass is 370 g/mol. The van der Waals surface area contributed by atoms with Crippen LogP contribution < -0.4 is 5.32 Å². The second-order valence-corrected chi connectivity index (χ2v) is 7.22. The van der Waals surface area contributed by atoms with E-state index >= 15 is 0 Å². The second kappa shape index (κ2) is 7.47. The fourth-order valence-electron chi connectivity index (χ4n) is 2.10. The van der Waals surface area contributed by atoms with E-state index in [4.69, 9.17) is 4.98 Å². The summed E-state index contributed by atoms with van der Waals surface area (Å²) in [6.45, 7) is 8.25. The zero-order chi connectivity index (χ0) is 15.4. The van der Waals surface area contributed by atoms with Gasteiger partial charge in [0.2, 0.25) is 0 Å². The van der Waals surface area contributed by atoms with Gasteiger partial charge in [-0.2, -0.15) is 0 Å². The molecule has 1 aromatic heterocycles. The molecular weight excluding hydrogens is 351 g/mol. The highest BCUT2D eigenvalue weighted by Gasteiger charge is 2.17. The number of benzene rings is 1. The third-order valence-electron chi connectivity index (χ3n) is 3.15. The Bertz CT molecular complexity index is 610. The minimum absolute atomic E-state index is 0.236. The van der Waals surface area contributed by atoms with Gasteiger partial charge in [0, 0.05) is 21.5 Å². The molecule has 0 atom stereocenters. The summed E-state index contributed by atoms with van der Waals surface area (Å²) in [7, 11) is 0. The lowest BCUT2D eigenvalue weighted by Gasteiger charge is -2.05. The van der Waals surface area contributed by atoms with E-state index in [1.807, 2.05) is 0 Å². The lowest BCUT2D eigenvalue weighted by molar-refractivity contribution is 0.628. The molecule has 1 N–H and O–H groups in total. The summed E-state index contributed by atoms with van der Waals surface area (Å²) < 4.78 is 14.4. The zero-order valence-corrected chi connectivity index (χ0v) is 14.9. The Morgan fingerprint density at radius 1 is 1.38 bits per heavy atom. The number of thiazole rings is 1. The van der Waals surface area contributed by atoms with Gasteiger partial charge in [0.25, 0.3) is 0 Å². The third-order valence-corrected chi connectivity index (χ3v) is 4.94. The van der Waals surface area contributed by atoms with E-state index in [2.05, 4.69) is 42.0 Å². The average Bonchev–Trinajstić information content (AvgIpc) is 2.86. The fourth-order valence-corrected chi connectivity index (χ4v) is 3.88. The van der Waals surface area contributed by atoms with Crippen LogP contribution in [0.25, 0.3) is 10.6 Å². The van der Waals surface area contributed by atoms with Gasteiger partial charge in [-0.3, -0.25) is 0 Å². The fraction of sp³-hybridized carbons (Fsp3) is 0.438. The van der Waals surface area contributed by atoms with Gasteiger partial charge in [0.1, 0.15) is 10.8 Å². The minimum Gasteiger partial charge on any atom is -0.312 e. The number of aromatic nitrogens is 1. The number of halogens is 2. The lowest BCUT2D eigenvalue weighted by Crippen LogP contribution is -2.14. The van der Waals surface area contributed by atoms with Crippen molar-refractivity contribution in [1.29, 1.82) is 0 Å². The predicted molar refractivity (Wildman–Crippen MR) is 91.3 cm³/mol. The summed E-state index contributed by atoms with van der Waals surface area (Å²) in [5.41, 5.74) is 1.93. The van der Waals surface area contributed by atoms with Crippen molar-refractivity contribution in [3.8, 4) is 10.6 Å². The van der Waals surface area contributed by atoms with Crippen LogP contribution in [0.1, 0.15) is 43.7 Å². The van der Waals surface area contributed by atoms with Crippen molar-refractivity contribution >= 4 is 27.3 Å². The molecule has 114 valence electrons. The van der Waals surface area contributed by atoms with Gasteiger partial charge in [-0.1, -0.05) is 36.7 Å². The highest BCUT2D eigenvalue weighted by Crippen LogP contribution is 2.35. The van der Waals surface area contributed by atoms with Crippen molar-refractivity contribution in [2.75, 3.05) is 6.54 Å². The van der Waals surface area contributed by atoms with Crippen LogP contribution in [0, 0.1) is 5.82 Å². The first-order valence-corrected chi connectivity index (χ1v) is 8.79. The van der Waals surface area contributed by atoms with Gasteiger partial charge in [0.05, 0.1) is 5.69 Å². The molecule has 0 bridgehead atoms. The Morgan fingerprint density at radius 3 is 2.81 bits per heavy atom. The van der Waals surface area contributed by atoms with Crippen LogP contribution in [0.3, 0.4) is 0 Å². The molecule has 21 heavy (non-hydrogen) atoms. The molecule has 2 rings (SSSR count). The van der Waals surface area contributed by atoms with E-state index in [1.165, 1.54) is 17.0 Å². The minimum atomic E-state index is -0.236. The first-order chi connectivity index (χ1) is 10.0. The van der Waals surface area contributed by atoms with Gasteiger partial charge in [-0.15, -0.1) is 11.3 Å². The maximum atomic E-state index is 13.5. The summed E-state index contributed by atoms with van der Waals surface area (Å²) in [6.07, 6.45) is 1.11. The van der Waals surface area contributed by atoms with Crippen molar-refractivity contribution in [1.82, 2.24) is 10.3 Å². The van der Waals surface area contributed by atoms with Crippen molar-refractivity contribution in [3.05, 3.63) is 39.1 Å². The number of rotatable bonds is 6. The van der Waals surface area contributed by atoms with Gasteiger partial charge < -0.3 is 5.32 Å². The molecule has 0 saturated carbocycles. The van der Waals surface area contributed by atoms with Crippen LogP contribution in [0.4, 0.5) is 4.39 Å². The molecular formula is C16H20BrFN2S. The number of hydrogen-bond donors (Lipinski definition) is 1. The van der Waals surface area contributed by atoms with Crippen LogP contribution in [-0.4, -0.2) is 11.5 Å². The zero-order valence-electron chi connectivity index (χ0n) is 12.5. The molecule has 0 saturated heterocycles. The summed E-state index contributed by atoms with van der Waals surface area (Å²) in [5.74, 6) is 0.126. The lowest BCUT2D eigenvalue weighted by atomic mass is 10.1. The van der Waals surface area contributed by atoms with E-state index in [1.54, 1.807) is 17.4 Å². The Labute approximate surface area is 137 Å². The van der Waals surface area contributed by atoms with Gasteiger partial charge in [-0.25, -0.2) is 9.37 Å². The molecule has 2 aromatic rings. The molecule has 0 aliphatic heterocycles. The summed E-state index contributed by atoms with van der Waals surface area (Å²) >= 11 is 5.13. The molecule has 1 aromatic carbocycles. The molecule has 0 fully saturated rings. The highest BCUT2D eigenvalue weighted by molar-refractivity contribution is 9.10. The molecule has 2 nitrogen and oxygen atoms in total. The molecule has 0 aliphatic rings. The summed E-state index contributed by atoms with van der Waals surface area (Å²) in [4.78, 5) is 5.98. The summed E-state index contributed by atoms with van der Waals surface area (Å²) in [6, 6.07) is 4.72. The van der Waals surface area contributed by atoms with Crippen LogP contribution in [-0.2, 0) is 6.54 Å². The SMILES string of the molecule is CCCNCc1sc(-c2cc(F)ccc2Br)nc1C(C)C. The highest BCUT2D eigenvalue weighted by atomic mass is 79.9. The number of hydrogen-bond acceptors (Lipinski definition) is 3. The molecule has 0 radical (unpaired) electrons. The molecule has 1 heterocycles. The third kappa shape index (κ3) is 4.11. The van der Waals surface area contributed by atoms with Gasteiger partial charge >= 0.3 is 0 Å². The molecule has 0 spiro atoms. The van der Waals surface area contributed by atoms with Crippen LogP contribution >= 0.6 is 27.3 Å². The maximum absolute atomic E-state index is 13.5. The first-order valence-electron chi connectivity index (χ1n) is 7.18. The van der Waals surface area contributed by atoms with E-state index in [9.17, 15) is 4.39 Å². The average molecular weight is 371 g/mol. The van der Waals surface area contributed by atoms with E-state index in [0.29, 0.717) is 5.92 Å². The Kier molecular flexibility index (Phi) is 5.90. The smallest absolute Gasteiger partial charge is 0.125 e. The largest absolute Gasteiger partial charge is 0.312 e. The Balaban J connectivity index is 2.36. The Morgan fingerprint density at radius 2 is 2.14 bits per heavy atom. The molecule has 5 heteroatoms. The van der Waals surface area contributed by atoms with Crippen molar-refractivity contribution in [2.45, 2.75) is 39.7 Å². The number of nitrogens with one attached hydrogen (secondary N) is 1. The van der Waals surface area contributed by atoms with E-state index in [0.717, 1.165) is 40.2 Å². The quantitative estimate of drug-likeness (QED) is 0.694. The molecule has 0 amide bonds. The maximum Gasteiger partial charge on any atom is 0.125 e. The van der Waals surface area contributed by atoms with E-state index in [-0.39, 0.29) is 5.82 Å². The van der Waals surface area contributed by atoms with Crippen LogP contribution in [0.2, 0.25) is 0 Å². The van der Waals surface area contributed by atoms with Gasteiger partial charge in [-0.05, 0) is 37.1 Å². The van der Waals surface area contributed by atoms with Crippen molar-refractivity contribution in [3.63, 3.8) is 0 Å². The first kappa shape index (κ1) is 16.6. The normalized spacial score (nSPS) is 11.3. The second-order valence-electron chi connectivity index (χ2n) is 5.28. The van der Waals surface area contributed by atoms with Crippen LogP contribution in [0.5, 0.6) is 0 Å². The van der Waals surface area contributed by atoms with Crippen molar-refractivity contribution in [2.24, 2.45) is 0 Å². The van der Waals surface area contributed by atoms with Crippen LogP contribution in [0.15, 0.2) is 22.7 Å². The van der Waals surface area contributed by atoms with Gasteiger partial charge in [0.15, 0.2) is 0 Å². The Hall–Kier alpha value is -0.780. The molecule has 0 unspecified atom stereocenters. The topological polar surface area (TPSA) is 24.9 Å². The van der Waals surface area contributed by atoms with E-state index < -0.39 is 0 Å². The summed E-state index contributed by atoms with van der Waals surface area (Å²) in [5, 5.41) is 4.30.